The zero-order valence-corrected chi connectivity index (χ0v) is 21.9. The molecular weight excluding hydrogens is 533 g/mol. The number of aliphatic imine (C=N–C) groups is 1. The standard InChI is InChI=1S/C24H33N5O3.HI/c1-4-25-24(26-17-23(30)27-20-8-6-5-7-9-20)29-14-12-28(13-15-29)18-19-16-21(31-2)10-11-22(19)32-3;/h5-11,16H,4,12-15,17-18H2,1-3H3,(H,25,26)(H,27,30);1H. The largest absolute Gasteiger partial charge is 0.497 e. The number of halogens is 1. The number of methoxy groups -OCH3 is 2. The SMILES string of the molecule is CCNC(=NCC(=O)Nc1ccccc1)N1CCN(Cc2cc(OC)ccc2OC)CC1.I. The molecule has 9 heteroatoms. The number of guanidine groups is 1. The first-order valence-electron chi connectivity index (χ1n) is 10.9. The van der Waals surface area contributed by atoms with Crippen molar-refractivity contribution >= 4 is 41.5 Å². The number of benzene rings is 2. The van der Waals surface area contributed by atoms with Gasteiger partial charge in [-0.05, 0) is 37.3 Å². The van der Waals surface area contributed by atoms with Gasteiger partial charge in [0.25, 0.3) is 0 Å². The minimum atomic E-state index is -0.129. The van der Waals surface area contributed by atoms with Crippen LogP contribution in [0.1, 0.15) is 12.5 Å². The number of ether oxygens (including phenoxy) is 2. The van der Waals surface area contributed by atoms with Crippen molar-refractivity contribution in [1.29, 1.82) is 0 Å². The Balaban J connectivity index is 0.00000385. The Labute approximate surface area is 213 Å². The Morgan fingerprint density at radius 3 is 2.39 bits per heavy atom. The van der Waals surface area contributed by atoms with Crippen LogP contribution >= 0.6 is 24.0 Å². The van der Waals surface area contributed by atoms with Gasteiger partial charge >= 0.3 is 0 Å². The molecule has 2 aromatic carbocycles. The molecule has 0 bridgehead atoms. The summed E-state index contributed by atoms with van der Waals surface area (Å²) in [6.45, 7) is 7.10. The van der Waals surface area contributed by atoms with Crippen LogP contribution < -0.4 is 20.1 Å². The third kappa shape index (κ3) is 8.08. The fourth-order valence-electron chi connectivity index (χ4n) is 3.66. The van der Waals surface area contributed by atoms with Gasteiger partial charge in [0.2, 0.25) is 5.91 Å². The van der Waals surface area contributed by atoms with E-state index in [9.17, 15) is 4.79 Å². The number of hydrogen-bond acceptors (Lipinski definition) is 5. The van der Waals surface area contributed by atoms with Crippen LogP contribution in [0.4, 0.5) is 5.69 Å². The van der Waals surface area contributed by atoms with Crippen molar-refractivity contribution in [3.8, 4) is 11.5 Å². The lowest BCUT2D eigenvalue weighted by Gasteiger charge is -2.36. The summed E-state index contributed by atoms with van der Waals surface area (Å²) in [5.74, 6) is 2.34. The number of carbonyl (C=O) groups is 1. The molecule has 0 spiro atoms. The molecule has 0 aliphatic carbocycles. The highest BCUT2D eigenvalue weighted by molar-refractivity contribution is 14.0. The Morgan fingerprint density at radius 1 is 1.03 bits per heavy atom. The number of rotatable bonds is 8. The van der Waals surface area contributed by atoms with E-state index >= 15 is 0 Å². The Kier molecular flexibility index (Phi) is 11.2. The minimum absolute atomic E-state index is 0. The molecule has 1 saturated heterocycles. The molecule has 33 heavy (non-hydrogen) atoms. The quantitative estimate of drug-likeness (QED) is 0.290. The molecule has 2 aromatic rings. The number of piperazine rings is 1. The van der Waals surface area contributed by atoms with E-state index in [0.29, 0.717) is 0 Å². The molecule has 1 fully saturated rings. The Morgan fingerprint density at radius 2 is 1.76 bits per heavy atom. The van der Waals surface area contributed by atoms with E-state index in [1.54, 1.807) is 14.2 Å². The highest BCUT2D eigenvalue weighted by Gasteiger charge is 2.21. The first kappa shape index (κ1) is 26.7. The molecule has 0 saturated carbocycles. The summed E-state index contributed by atoms with van der Waals surface area (Å²) in [5.41, 5.74) is 1.89. The van der Waals surface area contributed by atoms with Crippen LogP contribution in [0.2, 0.25) is 0 Å². The van der Waals surface area contributed by atoms with Gasteiger partial charge in [-0.15, -0.1) is 24.0 Å². The molecule has 1 heterocycles. The van der Waals surface area contributed by atoms with Crippen molar-refractivity contribution in [2.75, 3.05) is 58.8 Å². The molecule has 180 valence electrons. The average Bonchev–Trinajstić information content (AvgIpc) is 2.83. The van der Waals surface area contributed by atoms with Gasteiger partial charge in [0.15, 0.2) is 5.96 Å². The average molecular weight is 567 g/mol. The summed E-state index contributed by atoms with van der Waals surface area (Å²) in [6, 6.07) is 15.3. The lowest BCUT2D eigenvalue weighted by atomic mass is 10.1. The van der Waals surface area contributed by atoms with Gasteiger partial charge in [-0.3, -0.25) is 9.69 Å². The fraction of sp³-hybridized carbons (Fsp3) is 0.417. The van der Waals surface area contributed by atoms with Gasteiger partial charge in [0, 0.05) is 50.5 Å². The van der Waals surface area contributed by atoms with Crippen LogP contribution in [0.25, 0.3) is 0 Å². The van der Waals surface area contributed by atoms with Gasteiger partial charge in [0.1, 0.15) is 18.0 Å². The highest BCUT2D eigenvalue weighted by atomic mass is 127. The maximum Gasteiger partial charge on any atom is 0.246 e. The van der Waals surface area contributed by atoms with Crippen LogP contribution in [0.3, 0.4) is 0 Å². The van der Waals surface area contributed by atoms with Gasteiger partial charge < -0.3 is 25.0 Å². The second kappa shape index (κ2) is 13.9. The molecule has 0 aromatic heterocycles. The monoisotopic (exact) mass is 567 g/mol. The first-order valence-corrected chi connectivity index (χ1v) is 10.9. The number of amides is 1. The van der Waals surface area contributed by atoms with Gasteiger partial charge in [-0.1, -0.05) is 18.2 Å². The molecule has 1 aliphatic heterocycles. The molecule has 0 unspecified atom stereocenters. The fourth-order valence-corrected chi connectivity index (χ4v) is 3.66. The van der Waals surface area contributed by atoms with Crippen LogP contribution in [0.5, 0.6) is 11.5 Å². The normalized spacial score (nSPS) is 14.3. The van der Waals surface area contributed by atoms with E-state index in [4.69, 9.17) is 9.47 Å². The van der Waals surface area contributed by atoms with Crippen LogP contribution in [-0.2, 0) is 11.3 Å². The number of hydrogen-bond donors (Lipinski definition) is 2. The number of nitrogens with zero attached hydrogens (tertiary/aromatic N) is 3. The molecule has 1 amide bonds. The van der Waals surface area contributed by atoms with E-state index in [-0.39, 0.29) is 36.4 Å². The minimum Gasteiger partial charge on any atom is -0.497 e. The van der Waals surface area contributed by atoms with Gasteiger partial charge in [0.05, 0.1) is 14.2 Å². The molecule has 1 aliphatic rings. The number of anilines is 1. The lowest BCUT2D eigenvalue weighted by molar-refractivity contribution is -0.114. The summed E-state index contributed by atoms with van der Waals surface area (Å²) in [4.78, 5) is 21.4. The molecule has 0 radical (unpaired) electrons. The van der Waals surface area contributed by atoms with E-state index in [2.05, 4.69) is 25.4 Å². The molecule has 3 rings (SSSR count). The zero-order chi connectivity index (χ0) is 22.8. The topological polar surface area (TPSA) is 78.4 Å². The third-order valence-electron chi connectivity index (χ3n) is 5.32. The van der Waals surface area contributed by atoms with E-state index in [0.717, 1.165) is 68.0 Å². The van der Waals surface area contributed by atoms with E-state index in [1.165, 1.54) is 0 Å². The molecular formula is C24H34IN5O3. The maximum absolute atomic E-state index is 12.3. The van der Waals surface area contributed by atoms with Crippen LogP contribution in [0, 0.1) is 0 Å². The maximum atomic E-state index is 12.3. The summed E-state index contributed by atoms with van der Waals surface area (Å²) in [5, 5.41) is 6.18. The van der Waals surface area contributed by atoms with Crippen molar-refractivity contribution in [2.45, 2.75) is 13.5 Å². The Bertz CT molecular complexity index is 902. The number of nitrogens with one attached hydrogen (secondary N) is 2. The van der Waals surface area contributed by atoms with Crippen molar-refractivity contribution in [3.63, 3.8) is 0 Å². The summed E-state index contributed by atoms with van der Waals surface area (Å²) in [6.07, 6.45) is 0. The van der Waals surface area contributed by atoms with E-state index < -0.39 is 0 Å². The van der Waals surface area contributed by atoms with Crippen LogP contribution in [-0.4, -0.2) is 75.2 Å². The molecule has 0 atom stereocenters. The van der Waals surface area contributed by atoms with Crippen molar-refractivity contribution < 1.29 is 14.3 Å². The number of carbonyl (C=O) groups excluding carboxylic acids is 1. The van der Waals surface area contributed by atoms with Crippen molar-refractivity contribution in [2.24, 2.45) is 4.99 Å². The van der Waals surface area contributed by atoms with Crippen molar-refractivity contribution in [3.05, 3.63) is 54.1 Å². The predicted octanol–water partition coefficient (Wildman–Crippen LogP) is 3.04. The lowest BCUT2D eigenvalue weighted by Crippen LogP contribution is -2.52. The smallest absolute Gasteiger partial charge is 0.246 e. The zero-order valence-electron chi connectivity index (χ0n) is 19.5. The van der Waals surface area contributed by atoms with Crippen LogP contribution in [0.15, 0.2) is 53.5 Å². The van der Waals surface area contributed by atoms with Crippen molar-refractivity contribution in [1.82, 2.24) is 15.1 Å². The van der Waals surface area contributed by atoms with Gasteiger partial charge in [-0.2, -0.15) is 0 Å². The second-order valence-electron chi connectivity index (χ2n) is 7.53. The summed E-state index contributed by atoms with van der Waals surface area (Å²) >= 11 is 0. The summed E-state index contributed by atoms with van der Waals surface area (Å²) < 4.78 is 10.9. The Hall–Kier alpha value is -2.53. The highest BCUT2D eigenvalue weighted by Crippen LogP contribution is 2.25. The molecule has 8 nitrogen and oxygen atoms in total. The first-order chi connectivity index (χ1) is 15.6. The second-order valence-corrected chi connectivity index (χ2v) is 7.53. The summed E-state index contributed by atoms with van der Waals surface area (Å²) in [7, 11) is 3.36. The number of para-hydroxylation sites is 1. The third-order valence-corrected chi connectivity index (χ3v) is 5.32. The van der Waals surface area contributed by atoms with E-state index in [1.807, 2.05) is 55.5 Å². The predicted molar refractivity (Wildman–Crippen MR) is 143 cm³/mol. The molecule has 2 N–H and O–H groups in total. The van der Waals surface area contributed by atoms with Gasteiger partial charge in [-0.25, -0.2) is 4.99 Å².